The topological polar surface area (TPSA) is 86.3 Å². The molecule has 3 heterocycles. The maximum Gasteiger partial charge on any atom is 0.416 e. The lowest BCUT2D eigenvalue weighted by Crippen LogP contribution is -2.31. The lowest BCUT2D eigenvalue weighted by Gasteiger charge is -2.18. The third kappa shape index (κ3) is 3.76. The number of rotatable bonds is 3. The molecule has 2 aromatic heterocycles. The number of pyridine rings is 1. The van der Waals surface area contributed by atoms with Crippen molar-refractivity contribution >= 4 is 33.5 Å². The molecule has 0 spiro atoms. The summed E-state index contributed by atoms with van der Waals surface area (Å²) in [5.41, 5.74) is 6.03. The van der Waals surface area contributed by atoms with E-state index in [2.05, 4.69) is 10.1 Å². The molecule has 7 nitrogen and oxygen atoms in total. The van der Waals surface area contributed by atoms with E-state index < -0.39 is 29.6 Å². The van der Waals surface area contributed by atoms with Crippen LogP contribution in [0.5, 0.6) is 5.75 Å². The molecular formula is C23H19F4N5O2. The number of nitrogen functional groups attached to an aromatic ring is 1. The number of fused-ring (bicyclic) bond motifs is 3. The Balaban J connectivity index is 1.37. The molecule has 176 valence electrons. The van der Waals surface area contributed by atoms with Gasteiger partial charge in [0.1, 0.15) is 23.5 Å². The predicted molar refractivity (Wildman–Crippen MR) is 117 cm³/mol. The van der Waals surface area contributed by atoms with Crippen molar-refractivity contribution in [2.45, 2.75) is 18.7 Å². The Morgan fingerprint density at radius 2 is 1.91 bits per heavy atom. The number of amides is 1. The molecule has 2 N–H and O–H groups in total. The molecule has 1 aliphatic rings. The van der Waals surface area contributed by atoms with Gasteiger partial charge >= 0.3 is 6.18 Å². The van der Waals surface area contributed by atoms with Crippen LogP contribution >= 0.6 is 0 Å². The lowest BCUT2D eigenvalue weighted by atomic mass is 10.1. The fourth-order valence-corrected chi connectivity index (χ4v) is 4.24. The number of alkyl halides is 3. The minimum atomic E-state index is -4.43. The number of nitrogens with zero attached hydrogens (tertiary/aromatic N) is 4. The van der Waals surface area contributed by atoms with Gasteiger partial charge < -0.3 is 15.4 Å². The van der Waals surface area contributed by atoms with E-state index in [1.807, 2.05) is 0 Å². The number of aromatic nitrogens is 3. The smallest absolute Gasteiger partial charge is 0.416 e. The summed E-state index contributed by atoms with van der Waals surface area (Å²) in [5, 5.41) is 5.33. The van der Waals surface area contributed by atoms with Crippen molar-refractivity contribution in [3.05, 3.63) is 59.5 Å². The number of benzene rings is 2. The number of aryl methyl sites for hydroxylation is 1. The molecule has 34 heavy (non-hydrogen) atoms. The number of halogens is 4. The van der Waals surface area contributed by atoms with E-state index in [-0.39, 0.29) is 23.7 Å². The number of likely N-dealkylation sites (tertiary alicyclic amines) is 1. The molecule has 0 aliphatic carbocycles. The molecule has 0 unspecified atom stereocenters. The van der Waals surface area contributed by atoms with Crippen molar-refractivity contribution in [2.75, 3.05) is 18.8 Å². The second-order valence-corrected chi connectivity index (χ2v) is 8.18. The van der Waals surface area contributed by atoms with Gasteiger partial charge in [-0.15, -0.1) is 0 Å². The second kappa shape index (κ2) is 7.86. The van der Waals surface area contributed by atoms with E-state index in [9.17, 15) is 22.4 Å². The summed E-state index contributed by atoms with van der Waals surface area (Å²) < 4.78 is 60.4. The first-order valence-corrected chi connectivity index (χ1v) is 10.5. The molecule has 0 radical (unpaired) electrons. The third-order valence-corrected chi connectivity index (χ3v) is 5.94. The number of hydrogen-bond donors (Lipinski definition) is 1. The molecule has 1 fully saturated rings. The van der Waals surface area contributed by atoms with Crippen LogP contribution < -0.4 is 10.5 Å². The highest BCUT2D eigenvalue weighted by Gasteiger charge is 2.32. The minimum absolute atomic E-state index is 0.114. The van der Waals surface area contributed by atoms with Crippen LogP contribution in [0.25, 0.3) is 21.8 Å². The van der Waals surface area contributed by atoms with Gasteiger partial charge in [-0.1, -0.05) is 0 Å². The van der Waals surface area contributed by atoms with Crippen molar-refractivity contribution in [1.82, 2.24) is 19.7 Å². The number of carbonyl (C=O) groups is 1. The van der Waals surface area contributed by atoms with Crippen molar-refractivity contribution in [1.29, 1.82) is 0 Å². The highest BCUT2D eigenvalue weighted by atomic mass is 19.4. The van der Waals surface area contributed by atoms with Gasteiger partial charge in [-0.3, -0.25) is 9.48 Å². The summed E-state index contributed by atoms with van der Waals surface area (Å²) in [5.74, 6) is -0.744. The lowest BCUT2D eigenvalue weighted by molar-refractivity contribution is -0.137. The third-order valence-electron chi connectivity index (χ3n) is 5.94. The van der Waals surface area contributed by atoms with Crippen molar-refractivity contribution < 1.29 is 27.1 Å². The Morgan fingerprint density at radius 1 is 1.18 bits per heavy atom. The van der Waals surface area contributed by atoms with Crippen LogP contribution in [0.2, 0.25) is 0 Å². The molecule has 1 saturated heterocycles. The number of anilines is 1. The van der Waals surface area contributed by atoms with Gasteiger partial charge in [0.15, 0.2) is 0 Å². The van der Waals surface area contributed by atoms with Gasteiger partial charge in [0.25, 0.3) is 5.91 Å². The molecule has 1 aliphatic heterocycles. The highest BCUT2D eigenvalue weighted by Crippen LogP contribution is 2.32. The molecule has 11 heteroatoms. The molecule has 1 atom stereocenters. The Hall–Kier alpha value is -3.89. The molecule has 2 aromatic carbocycles. The van der Waals surface area contributed by atoms with E-state index in [0.717, 1.165) is 12.1 Å². The van der Waals surface area contributed by atoms with Crippen molar-refractivity contribution in [3.8, 4) is 5.75 Å². The highest BCUT2D eigenvalue weighted by molar-refractivity contribution is 6.10. The first-order valence-electron chi connectivity index (χ1n) is 10.5. The zero-order valence-corrected chi connectivity index (χ0v) is 17.9. The molecule has 5 rings (SSSR count). The van der Waals surface area contributed by atoms with Crippen LogP contribution in [0.15, 0.2) is 42.6 Å². The van der Waals surface area contributed by atoms with Gasteiger partial charge in [-0.25, -0.2) is 9.37 Å². The maximum atomic E-state index is 14.9. The van der Waals surface area contributed by atoms with E-state index in [1.165, 1.54) is 29.2 Å². The SMILES string of the molecule is Cn1ncc2c(N)nc3cc(F)c(C(=O)N4CC[C@@H](Oc5ccc(C(F)(F)F)cc5)C4)cc3c21. The van der Waals surface area contributed by atoms with Gasteiger partial charge in [-0.2, -0.15) is 18.3 Å². The Kier molecular flexibility index (Phi) is 5.07. The minimum Gasteiger partial charge on any atom is -0.489 e. The first kappa shape index (κ1) is 21.9. The fraction of sp³-hybridized carbons (Fsp3) is 0.261. The van der Waals surface area contributed by atoms with Crippen molar-refractivity contribution in [2.24, 2.45) is 7.05 Å². The zero-order valence-electron chi connectivity index (χ0n) is 17.9. The summed E-state index contributed by atoms with van der Waals surface area (Å²) in [6.45, 7) is 0.501. The second-order valence-electron chi connectivity index (χ2n) is 8.18. The predicted octanol–water partition coefficient (Wildman–Crippen LogP) is 4.16. The summed E-state index contributed by atoms with van der Waals surface area (Å²) in [6, 6.07) is 7.00. The molecule has 0 saturated carbocycles. The van der Waals surface area contributed by atoms with Crippen LogP contribution in [-0.4, -0.2) is 44.8 Å². The summed E-state index contributed by atoms with van der Waals surface area (Å²) >= 11 is 0. The van der Waals surface area contributed by atoms with E-state index in [0.29, 0.717) is 34.8 Å². The zero-order chi connectivity index (χ0) is 24.2. The molecular weight excluding hydrogens is 454 g/mol. The number of nitrogens with two attached hydrogens (primary N) is 1. The van der Waals surface area contributed by atoms with E-state index in [4.69, 9.17) is 10.5 Å². The standard InChI is InChI=1S/C23H19F4N5O2/c1-31-20-16-8-15(18(24)9-19(16)30-21(28)17(20)10-29-31)22(33)32-7-6-14(11-32)34-13-4-2-12(3-5-13)23(25,26)27/h2-5,8-10,14H,6-7,11H2,1H3,(H2,28,30)/t14-/m1/s1. The Bertz CT molecular complexity index is 1420. The summed E-state index contributed by atoms with van der Waals surface area (Å²) in [4.78, 5) is 18.8. The number of carbonyl (C=O) groups excluding carboxylic acids is 1. The molecule has 0 bridgehead atoms. The van der Waals surface area contributed by atoms with Gasteiger partial charge in [-0.05, 0) is 30.3 Å². The van der Waals surface area contributed by atoms with Crippen LogP contribution in [0.1, 0.15) is 22.3 Å². The number of ether oxygens (including phenoxy) is 1. The average Bonchev–Trinajstić information content (AvgIpc) is 3.40. The molecule has 1 amide bonds. The van der Waals surface area contributed by atoms with Crippen molar-refractivity contribution in [3.63, 3.8) is 0 Å². The fourth-order valence-electron chi connectivity index (χ4n) is 4.24. The van der Waals surface area contributed by atoms with Gasteiger partial charge in [0, 0.05) is 31.5 Å². The molecule has 4 aromatic rings. The quantitative estimate of drug-likeness (QED) is 0.452. The average molecular weight is 473 g/mol. The van der Waals surface area contributed by atoms with Gasteiger partial charge in [0.2, 0.25) is 0 Å². The van der Waals surface area contributed by atoms with Crippen LogP contribution in [0.4, 0.5) is 23.4 Å². The largest absolute Gasteiger partial charge is 0.489 e. The summed E-state index contributed by atoms with van der Waals surface area (Å²) in [6.07, 6.45) is -2.83. The Labute approximate surface area is 190 Å². The number of hydrogen-bond acceptors (Lipinski definition) is 5. The van der Waals surface area contributed by atoms with E-state index in [1.54, 1.807) is 17.9 Å². The Morgan fingerprint density at radius 3 is 2.62 bits per heavy atom. The maximum absolute atomic E-state index is 14.9. The monoisotopic (exact) mass is 473 g/mol. The van der Waals surface area contributed by atoms with E-state index >= 15 is 0 Å². The van der Waals surface area contributed by atoms with Crippen LogP contribution in [0, 0.1) is 5.82 Å². The first-order chi connectivity index (χ1) is 16.1. The normalized spacial score (nSPS) is 16.5. The van der Waals surface area contributed by atoms with Crippen LogP contribution in [-0.2, 0) is 13.2 Å². The van der Waals surface area contributed by atoms with Gasteiger partial charge in [0.05, 0.1) is 40.3 Å². The van der Waals surface area contributed by atoms with Crippen LogP contribution in [0.3, 0.4) is 0 Å². The summed E-state index contributed by atoms with van der Waals surface area (Å²) in [7, 11) is 1.72.